The lowest BCUT2D eigenvalue weighted by atomic mass is 10.2. The highest BCUT2D eigenvalue weighted by Gasteiger charge is 2.23. The third-order valence-electron chi connectivity index (χ3n) is 2.23. The van der Waals surface area contributed by atoms with Crippen molar-refractivity contribution < 1.29 is 19.4 Å². The van der Waals surface area contributed by atoms with Crippen molar-refractivity contribution in [3.8, 4) is 0 Å². The third kappa shape index (κ3) is 5.71. The minimum atomic E-state index is -1.06. The number of carbonyl (C=O) groups excluding carboxylic acids is 2. The van der Waals surface area contributed by atoms with Gasteiger partial charge in [-0.15, -0.1) is 0 Å². The van der Waals surface area contributed by atoms with Crippen LogP contribution >= 0.6 is 0 Å². The van der Waals surface area contributed by atoms with Gasteiger partial charge in [0.2, 0.25) is 5.91 Å². The second kappa shape index (κ2) is 6.91. The Hall–Kier alpha value is -2.08. The number of amides is 2. The average molecular weight is 280 g/mol. The van der Waals surface area contributed by atoms with Crippen LogP contribution in [0.4, 0.5) is 10.5 Å². The van der Waals surface area contributed by atoms with E-state index in [2.05, 4.69) is 10.6 Å². The van der Waals surface area contributed by atoms with Crippen LogP contribution in [-0.2, 0) is 9.53 Å². The summed E-state index contributed by atoms with van der Waals surface area (Å²) in [5.74, 6) is -0.510. The number of hydrogen-bond acceptors (Lipinski definition) is 4. The fourth-order valence-corrected chi connectivity index (χ4v) is 1.39. The first-order valence-electron chi connectivity index (χ1n) is 6.28. The molecule has 2 amide bonds. The van der Waals surface area contributed by atoms with Crippen LogP contribution in [0.1, 0.15) is 20.8 Å². The lowest BCUT2D eigenvalue weighted by Gasteiger charge is -2.22. The van der Waals surface area contributed by atoms with Crippen molar-refractivity contribution in [2.75, 3.05) is 11.9 Å². The van der Waals surface area contributed by atoms with Crippen molar-refractivity contribution in [3.05, 3.63) is 30.3 Å². The van der Waals surface area contributed by atoms with Gasteiger partial charge in [-0.2, -0.15) is 0 Å². The molecule has 0 aliphatic carbocycles. The molecule has 20 heavy (non-hydrogen) atoms. The van der Waals surface area contributed by atoms with E-state index in [1.54, 1.807) is 45.0 Å². The standard InChI is InChI=1S/C14H20N2O4/c1-14(2,3)20-13(19)16-11(9-17)12(18)15-10-7-5-4-6-8-10/h4-8,11,17H,9H2,1-3H3,(H,15,18)(H,16,19)/t11-/m1/s1. The number of aliphatic hydroxyl groups excluding tert-OH is 1. The maximum atomic E-state index is 11.9. The molecule has 1 aromatic rings. The summed E-state index contributed by atoms with van der Waals surface area (Å²) in [6, 6.07) is 7.71. The number of carbonyl (C=O) groups is 2. The maximum absolute atomic E-state index is 11.9. The molecule has 0 saturated heterocycles. The molecule has 1 atom stereocenters. The molecular weight excluding hydrogens is 260 g/mol. The van der Waals surface area contributed by atoms with Crippen LogP contribution < -0.4 is 10.6 Å². The lowest BCUT2D eigenvalue weighted by molar-refractivity contribution is -0.119. The van der Waals surface area contributed by atoms with E-state index in [1.807, 2.05) is 6.07 Å². The largest absolute Gasteiger partial charge is 0.444 e. The molecule has 110 valence electrons. The molecule has 0 aromatic heterocycles. The van der Waals surface area contributed by atoms with E-state index in [0.29, 0.717) is 5.69 Å². The van der Waals surface area contributed by atoms with Crippen molar-refractivity contribution in [1.82, 2.24) is 5.32 Å². The zero-order valence-electron chi connectivity index (χ0n) is 11.8. The number of ether oxygens (including phenoxy) is 1. The summed E-state index contributed by atoms with van der Waals surface area (Å²) < 4.78 is 5.03. The summed E-state index contributed by atoms with van der Waals surface area (Å²) in [5.41, 5.74) is -0.0815. The Morgan fingerprint density at radius 1 is 1.25 bits per heavy atom. The van der Waals surface area contributed by atoms with E-state index < -0.39 is 30.3 Å². The molecule has 0 unspecified atom stereocenters. The van der Waals surface area contributed by atoms with Crippen LogP contribution in [0.3, 0.4) is 0 Å². The lowest BCUT2D eigenvalue weighted by Crippen LogP contribution is -2.47. The van der Waals surface area contributed by atoms with Gasteiger partial charge in [0, 0.05) is 5.69 Å². The number of anilines is 1. The molecule has 0 aliphatic heterocycles. The van der Waals surface area contributed by atoms with Crippen LogP contribution in [0, 0.1) is 0 Å². The summed E-state index contributed by atoms with van der Waals surface area (Å²) in [7, 11) is 0. The number of alkyl carbamates (subject to hydrolysis) is 1. The Bertz CT molecular complexity index is 454. The Morgan fingerprint density at radius 2 is 1.85 bits per heavy atom. The summed E-state index contributed by atoms with van der Waals surface area (Å²) in [4.78, 5) is 23.5. The molecule has 0 saturated carbocycles. The highest BCUT2D eigenvalue weighted by molar-refractivity contribution is 5.96. The summed E-state index contributed by atoms with van der Waals surface area (Å²) in [6.45, 7) is 4.62. The molecular formula is C14H20N2O4. The second-order valence-corrected chi connectivity index (χ2v) is 5.24. The van der Waals surface area contributed by atoms with E-state index in [1.165, 1.54) is 0 Å². The quantitative estimate of drug-likeness (QED) is 0.780. The first kappa shape index (κ1) is 16.0. The van der Waals surface area contributed by atoms with Gasteiger partial charge < -0.3 is 20.5 Å². The summed E-state index contributed by atoms with van der Waals surface area (Å²) in [5, 5.41) is 14.1. The van der Waals surface area contributed by atoms with Gasteiger partial charge in [0.25, 0.3) is 0 Å². The predicted octanol–water partition coefficient (Wildman–Crippen LogP) is 1.51. The fraction of sp³-hybridized carbons (Fsp3) is 0.429. The van der Waals surface area contributed by atoms with Gasteiger partial charge in [-0.25, -0.2) is 4.79 Å². The van der Waals surface area contributed by atoms with Gasteiger partial charge in [-0.05, 0) is 32.9 Å². The number of benzene rings is 1. The van der Waals surface area contributed by atoms with E-state index in [9.17, 15) is 14.7 Å². The topological polar surface area (TPSA) is 87.7 Å². The molecule has 1 aromatic carbocycles. The van der Waals surface area contributed by atoms with Crippen molar-refractivity contribution >= 4 is 17.7 Å². The molecule has 0 aliphatic rings. The molecule has 0 spiro atoms. The molecule has 0 fully saturated rings. The van der Waals surface area contributed by atoms with Gasteiger partial charge in [0.15, 0.2) is 0 Å². The van der Waals surface area contributed by atoms with E-state index in [-0.39, 0.29) is 0 Å². The van der Waals surface area contributed by atoms with Gasteiger partial charge >= 0.3 is 6.09 Å². The average Bonchev–Trinajstić information content (AvgIpc) is 2.35. The minimum absolute atomic E-state index is 0.510. The fourth-order valence-electron chi connectivity index (χ4n) is 1.39. The van der Waals surface area contributed by atoms with E-state index in [0.717, 1.165) is 0 Å². The smallest absolute Gasteiger partial charge is 0.408 e. The Labute approximate surface area is 118 Å². The number of aliphatic hydroxyl groups is 1. The van der Waals surface area contributed by atoms with Gasteiger partial charge in [-0.1, -0.05) is 18.2 Å². The van der Waals surface area contributed by atoms with Gasteiger partial charge in [0.05, 0.1) is 6.61 Å². The predicted molar refractivity (Wildman–Crippen MR) is 75.3 cm³/mol. The van der Waals surface area contributed by atoms with Crippen molar-refractivity contribution in [2.45, 2.75) is 32.4 Å². The molecule has 0 radical (unpaired) electrons. The number of hydrogen-bond donors (Lipinski definition) is 3. The Kier molecular flexibility index (Phi) is 5.52. The summed E-state index contributed by atoms with van der Waals surface area (Å²) in [6.07, 6.45) is -0.750. The van der Waals surface area contributed by atoms with Crippen LogP contribution in [0.25, 0.3) is 0 Å². The number of rotatable bonds is 4. The SMILES string of the molecule is CC(C)(C)OC(=O)N[C@H](CO)C(=O)Nc1ccccc1. The van der Waals surface area contributed by atoms with E-state index in [4.69, 9.17) is 4.74 Å². The van der Waals surface area contributed by atoms with Crippen LogP contribution in [0.15, 0.2) is 30.3 Å². The van der Waals surface area contributed by atoms with Crippen LogP contribution in [0.5, 0.6) is 0 Å². The maximum Gasteiger partial charge on any atom is 0.408 e. The Balaban J connectivity index is 2.57. The Morgan fingerprint density at radius 3 is 2.35 bits per heavy atom. The van der Waals surface area contributed by atoms with Crippen LogP contribution in [-0.4, -0.2) is 35.4 Å². The number of para-hydroxylation sites is 1. The first-order chi connectivity index (χ1) is 9.31. The van der Waals surface area contributed by atoms with Gasteiger partial charge in [-0.3, -0.25) is 4.79 Å². The molecule has 6 heteroatoms. The zero-order valence-corrected chi connectivity index (χ0v) is 11.8. The zero-order chi connectivity index (χ0) is 15.2. The first-order valence-corrected chi connectivity index (χ1v) is 6.28. The van der Waals surface area contributed by atoms with Crippen molar-refractivity contribution in [1.29, 1.82) is 0 Å². The normalized spacial score (nSPS) is 12.4. The molecule has 3 N–H and O–H groups in total. The molecule has 0 heterocycles. The highest BCUT2D eigenvalue weighted by Crippen LogP contribution is 2.08. The highest BCUT2D eigenvalue weighted by atomic mass is 16.6. The second-order valence-electron chi connectivity index (χ2n) is 5.24. The number of nitrogens with one attached hydrogen (secondary N) is 2. The molecule has 6 nitrogen and oxygen atoms in total. The van der Waals surface area contributed by atoms with Crippen molar-refractivity contribution in [3.63, 3.8) is 0 Å². The monoisotopic (exact) mass is 280 g/mol. The van der Waals surface area contributed by atoms with Crippen molar-refractivity contribution in [2.24, 2.45) is 0 Å². The summed E-state index contributed by atoms with van der Waals surface area (Å²) >= 11 is 0. The van der Waals surface area contributed by atoms with E-state index >= 15 is 0 Å². The van der Waals surface area contributed by atoms with Crippen LogP contribution in [0.2, 0.25) is 0 Å². The minimum Gasteiger partial charge on any atom is -0.444 e. The molecule has 0 bridgehead atoms. The van der Waals surface area contributed by atoms with Gasteiger partial charge in [0.1, 0.15) is 11.6 Å². The third-order valence-corrected chi connectivity index (χ3v) is 2.23. The molecule has 1 rings (SSSR count).